The third kappa shape index (κ3) is 4.64. The minimum Gasteiger partial charge on any atom is -0.494 e. The predicted octanol–water partition coefficient (Wildman–Crippen LogP) is 2.40. The highest BCUT2D eigenvalue weighted by molar-refractivity contribution is 6.67. The van der Waals surface area contributed by atoms with Crippen molar-refractivity contribution < 1.29 is 9.53 Å². The first kappa shape index (κ1) is 13.0. The zero-order valence-electron chi connectivity index (χ0n) is 9.57. The average Bonchev–Trinajstić information content (AvgIpc) is 2.25. The standard InChI is InChI=1S/C12H16ClNO2/c1-14(2)8-3-9-16-11-6-4-10(5-7-11)12(13)15/h4-7H,3,8-9H2,1-2H3. The SMILES string of the molecule is CN(C)CCCOc1ccc(C(=O)Cl)cc1. The van der Waals surface area contributed by atoms with Crippen LogP contribution in [0, 0.1) is 0 Å². The predicted molar refractivity (Wildman–Crippen MR) is 65.3 cm³/mol. The van der Waals surface area contributed by atoms with Gasteiger partial charge in [0.05, 0.1) is 6.61 Å². The number of carbonyl (C=O) groups excluding carboxylic acids is 1. The van der Waals surface area contributed by atoms with E-state index < -0.39 is 5.24 Å². The summed E-state index contributed by atoms with van der Waals surface area (Å²) in [5, 5.41) is -0.445. The lowest BCUT2D eigenvalue weighted by atomic mass is 10.2. The summed E-state index contributed by atoms with van der Waals surface area (Å²) in [5.41, 5.74) is 0.488. The van der Waals surface area contributed by atoms with Crippen LogP contribution in [0.5, 0.6) is 5.75 Å². The van der Waals surface area contributed by atoms with E-state index in [9.17, 15) is 4.79 Å². The number of nitrogens with zero attached hydrogens (tertiary/aromatic N) is 1. The molecule has 0 aliphatic heterocycles. The third-order valence-electron chi connectivity index (χ3n) is 2.10. The molecule has 1 aromatic carbocycles. The molecule has 0 saturated heterocycles. The number of halogens is 1. The van der Waals surface area contributed by atoms with Gasteiger partial charge in [-0.2, -0.15) is 0 Å². The van der Waals surface area contributed by atoms with E-state index in [0.29, 0.717) is 12.2 Å². The Morgan fingerprint density at radius 2 is 1.94 bits per heavy atom. The molecule has 0 amide bonds. The normalized spacial score (nSPS) is 10.5. The highest BCUT2D eigenvalue weighted by Crippen LogP contribution is 2.13. The lowest BCUT2D eigenvalue weighted by Crippen LogP contribution is -2.15. The molecular formula is C12H16ClNO2. The fourth-order valence-corrected chi connectivity index (χ4v) is 1.38. The average molecular weight is 242 g/mol. The summed E-state index contributed by atoms with van der Waals surface area (Å²) in [7, 11) is 4.06. The Labute approximate surface area is 101 Å². The minimum absolute atomic E-state index is 0.445. The van der Waals surface area contributed by atoms with Crippen molar-refractivity contribution in [3.05, 3.63) is 29.8 Å². The molecule has 0 heterocycles. The smallest absolute Gasteiger partial charge is 0.252 e. The van der Waals surface area contributed by atoms with E-state index in [1.54, 1.807) is 24.3 Å². The quantitative estimate of drug-likeness (QED) is 0.566. The molecule has 0 radical (unpaired) electrons. The molecule has 0 saturated carbocycles. The van der Waals surface area contributed by atoms with Crippen LogP contribution in [-0.2, 0) is 0 Å². The van der Waals surface area contributed by atoms with E-state index in [1.165, 1.54) is 0 Å². The first-order valence-electron chi connectivity index (χ1n) is 5.17. The number of hydrogen-bond acceptors (Lipinski definition) is 3. The zero-order valence-corrected chi connectivity index (χ0v) is 10.3. The molecular weight excluding hydrogens is 226 g/mol. The van der Waals surface area contributed by atoms with E-state index in [2.05, 4.69) is 4.90 Å². The van der Waals surface area contributed by atoms with Gasteiger partial charge in [-0.15, -0.1) is 0 Å². The van der Waals surface area contributed by atoms with Crippen molar-refractivity contribution in [3.8, 4) is 5.75 Å². The molecule has 0 aliphatic carbocycles. The third-order valence-corrected chi connectivity index (χ3v) is 2.32. The second-order valence-corrected chi connectivity index (χ2v) is 4.15. The van der Waals surface area contributed by atoms with Crippen LogP contribution in [0.25, 0.3) is 0 Å². The van der Waals surface area contributed by atoms with Gasteiger partial charge >= 0.3 is 0 Å². The Hall–Kier alpha value is -1.06. The Morgan fingerprint density at radius 1 is 1.31 bits per heavy atom. The largest absolute Gasteiger partial charge is 0.494 e. The molecule has 0 N–H and O–H groups in total. The van der Waals surface area contributed by atoms with Crippen LogP contribution < -0.4 is 4.74 Å². The van der Waals surface area contributed by atoms with Gasteiger partial charge in [-0.1, -0.05) is 0 Å². The number of benzene rings is 1. The summed E-state index contributed by atoms with van der Waals surface area (Å²) in [6.45, 7) is 1.67. The topological polar surface area (TPSA) is 29.5 Å². The van der Waals surface area contributed by atoms with E-state index in [4.69, 9.17) is 16.3 Å². The summed E-state index contributed by atoms with van der Waals surface area (Å²) in [6.07, 6.45) is 0.975. The lowest BCUT2D eigenvalue weighted by molar-refractivity contribution is 0.108. The van der Waals surface area contributed by atoms with E-state index >= 15 is 0 Å². The molecule has 16 heavy (non-hydrogen) atoms. The van der Waals surface area contributed by atoms with Crippen LogP contribution in [0.3, 0.4) is 0 Å². The number of carbonyl (C=O) groups is 1. The lowest BCUT2D eigenvalue weighted by Gasteiger charge is -2.10. The maximum Gasteiger partial charge on any atom is 0.252 e. The number of rotatable bonds is 6. The highest BCUT2D eigenvalue weighted by Gasteiger charge is 2.01. The highest BCUT2D eigenvalue weighted by atomic mass is 35.5. The van der Waals surface area contributed by atoms with Crippen LogP contribution in [-0.4, -0.2) is 37.4 Å². The summed E-state index contributed by atoms with van der Waals surface area (Å²) >= 11 is 5.33. The minimum atomic E-state index is -0.445. The summed E-state index contributed by atoms with van der Waals surface area (Å²) in [5.74, 6) is 0.764. The van der Waals surface area contributed by atoms with Crippen LogP contribution in [0.2, 0.25) is 0 Å². The first-order valence-corrected chi connectivity index (χ1v) is 5.55. The van der Waals surface area contributed by atoms with Crippen LogP contribution >= 0.6 is 11.6 Å². The molecule has 0 aromatic heterocycles. The molecule has 0 spiro atoms. The summed E-state index contributed by atoms with van der Waals surface area (Å²) in [6, 6.07) is 6.84. The molecule has 1 rings (SSSR count). The van der Waals surface area contributed by atoms with Gasteiger partial charge < -0.3 is 9.64 Å². The van der Waals surface area contributed by atoms with Gasteiger partial charge in [-0.3, -0.25) is 4.79 Å². The maximum atomic E-state index is 10.8. The molecule has 0 aliphatic rings. The van der Waals surface area contributed by atoms with Crippen molar-refractivity contribution >= 4 is 16.8 Å². The molecule has 3 nitrogen and oxygen atoms in total. The fourth-order valence-electron chi connectivity index (χ4n) is 1.25. The Balaban J connectivity index is 2.35. The Morgan fingerprint density at radius 3 is 2.44 bits per heavy atom. The monoisotopic (exact) mass is 241 g/mol. The van der Waals surface area contributed by atoms with Gasteiger partial charge in [-0.05, 0) is 56.4 Å². The second kappa shape index (κ2) is 6.51. The molecule has 0 atom stereocenters. The van der Waals surface area contributed by atoms with Crippen molar-refractivity contribution in [1.82, 2.24) is 4.90 Å². The van der Waals surface area contributed by atoms with Gasteiger partial charge in [-0.25, -0.2) is 0 Å². The molecule has 4 heteroatoms. The van der Waals surface area contributed by atoms with Crippen LogP contribution in [0.1, 0.15) is 16.8 Å². The molecule has 0 unspecified atom stereocenters. The zero-order chi connectivity index (χ0) is 12.0. The Bertz CT molecular complexity index is 335. The molecule has 88 valence electrons. The second-order valence-electron chi connectivity index (χ2n) is 3.80. The van der Waals surface area contributed by atoms with Crippen molar-refractivity contribution in [2.45, 2.75) is 6.42 Å². The van der Waals surface area contributed by atoms with Crippen molar-refractivity contribution in [3.63, 3.8) is 0 Å². The number of hydrogen-bond donors (Lipinski definition) is 0. The van der Waals surface area contributed by atoms with Crippen molar-refractivity contribution in [2.24, 2.45) is 0 Å². The van der Waals surface area contributed by atoms with Crippen molar-refractivity contribution in [1.29, 1.82) is 0 Å². The van der Waals surface area contributed by atoms with Crippen molar-refractivity contribution in [2.75, 3.05) is 27.2 Å². The summed E-state index contributed by atoms with van der Waals surface area (Å²) in [4.78, 5) is 12.9. The molecule has 1 aromatic rings. The fraction of sp³-hybridized carbons (Fsp3) is 0.417. The van der Waals surface area contributed by atoms with Gasteiger partial charge in [0, 0.05) is 12.1 Å². The Kier molecular flexibility index (Phi) is 5.29. The number of ether oxygens (including phenoxy) is 1. The summed E-state index contributed by atoms with van der Waals surface area (Å²) < 4.78 is 5.51. The molecule has 0 fully saturated rings. The van der Waals surface area contributed by atoms with Gasteiger partial charge in [0.25, 0.3) is 5.24 Å². The maximum absolute atomic E-state index is 10.8. The first-order chi connectivity index (χ1) is 7.59. The van der Waals surface area contributed by atoms with E-state index in [1.807, 2.05) is 14.1 Å². The van der Waals surface area contributed by atoms with E-state index in [0.717, 1.165) is 18.7 Å². The van der Waals surface area contributed by atoms with Gasteiger partial charge in [0.2, 0.25) is 0 Å². The van der Waals surface area contributed by atoms with Crippen LogP contribution in [0.15, 0.2) is 24.3 Å². The van der Waals surface area contributed by atoms with E-state index in [-0.39, 0.29) is 0 Å². The van der Waals surface area contributed by atoms with Crippen LogP contribution in [0.4, 0.5) is 0 Å². The molecule has 0 bridgehead atoms. The van der Waals surface area contributed by atoms with Gasteiger partial charge in [0.1, 0.15) is 5.75 Å². The van der Waals surface area contributed by atoms with Gasteiger partial charge in [0.15, 0.2) is 0 Å².